The third-order valence-corrected chi connectivity index (χ3v) is 7.70. The lowest BCUT2D eigenvalue weighted by Crippen LogP contribution is -2.52. The van der Waals surface area contributed by atoms with Crippen LogP contribution in [0, 0.1) is 13.8 Å². The molecule has 0 aliphatic carbocycles. The fraction of sp³-hybridized carbons (Fsp3) is 0.448. The summed E-state index contributed by atoms with van der Waals surface area (Å²) in [6.45, 7) is 5.51. The molecule has 0 atom stereocenters. The van der Waals surface area contributed by atoms with Crippen molar-refractivity contribution in [3.05, 3.63) is 64.2 Å². The first-order valence-electron chi connectivity index (χ1n) is 12.8. The van der Waals surface area contributed by atoms with Gasteiger partial charge in [0.15, 0.2) is 5.78 Å². The van der Waals surface area contributed by atoms with Gasteiger partial charge in [0.2, 0.25) is 5.91 Å². The fourth-order valence-electron chi connectivity index (χ4n) is 5.70. The van der Waals surface area contributed by atoms with Crippen LogP contribution >= 0.6 is 0 Å². The number of carbonyl (C=O) groups excluding carboxylic acids is 4. The molecule has 188 valence electrons. The number of Topliss-reactive ketones (excluding diaryl/α,β-unsaturated/α-hetero) is 1. The average molecular weight is 489 g/mol. The standard InChI is InChI=1S/C29H32N2O5/c1-19-16-20(2)26-23(17-19)24(32)18-29(36-26)11-14-30(15-12-29)25(33)10-4-3-7-13-31-27(34)21-8-5-6-9-22(21)28(31)35/h5-6,8-9,16-17H,3-4,7,10-15,18H2,1-2H3. The molecule has 0 radical (unpaired) electrons. The lowest BCUT2D eigenvalue weighted by atomic mass is 9.81. The topological polar surface area (TPSA) is 84.0 Å². The van der Waals surface area contributed by atoms with E-state index in [1.807, 2.05) is 30.9 Å². The van der Waals surface area contributed by atoms with Crippen LogP contribution in [0.15, 0.2) is 36.4 Å². The third kappa shape index (κ3) is 4.43. The number of fused-ring (bicyclic) bond motifs is 2. The summed E-state index contributed by atoms with van der Waals surface area (Å²) in [6.07, 6.45) is 4.26. The van der Waals surface area contributed by atoms with E-state index in [9.17, 15) is 19.2 Å². The van der Waals surface area contributed by atoms with Crippen LogP contribution in [0.1, 0.15) is 87.1 Å². The van der Waals surface area contributed by atoms with Gasteiger partial charge in [0, 0.05) is 38.9 Å². The molecule has 3 aliphatic rings. The summed E-state index contributed by atoms with van der Waals surface area (Å²) in [7, 11) is 0. The molecule has 2 aromatic rings. The Kier molecular flexibility index (Phi) is 6.41. The van der Waals surface area contributed by atoms with Crippen LogP contribution in [-0.4, -0.2) is 58.5 Å². The number of benzene rings is 2. The smallest absolute Gasteiger partial charge is 0.261 e. The first kappa shape index (κ1) is 24.2. The number of ether oxygens (including phenoxy) is 1. The highest BCUT2D eigenvalue weighted by atomic mass is 16.5. The molecule has 3 heterocycles. The SMILES string of the molecule is Cc1cc(C)c2c(c1)C(=O)CC1(CCN(C(=O)CCCCCN3C(=O)c4ccccc4C3=O)CC1)O2. The molecule has 7 heteroatoms. The van der Waals surface area contributed by atoms with Gasteiger partial charge in [-0.3, -0.25) is 24.1 Å². The number of imide groups is 1. The van der Waals surface area contributed by atoms with Crippen LogP contribution in [0.4, 0.5) is 0 Å². The summed E-state index contributed by atoms with van der Waals surface area (Å²) in [5, 5.41) is 0. The highest BCUT2D eigenvalue weighted by Gasteiger charge is 2.44. The zero-order valence-electron chi connectivity index (χ0n) is 21.0. The minimum atomic E-state index is -0.521. The molecule has 0 saturated carbocycles. The van der Waals surface area contributed by atoms with Crippen molar-refractivity contribution in [3.63, 3.8) is 0 Å². The van der Waals surface area contributed by atoms with Gasteiger partial charge in [-0.1, -0.05) is 24.6 Å². The van der Waals surface area contributed by atoms with Crippen molar-refractivity contribution in [1.29, 1.82) is 0 Å². The second kappa shape index (κ2) is 9.52. The van der Waals surface area contributed by atoms with E-state index in [-0.39, 0.29) is 23.5 Å². The van der Waals surface area contributed by atoms with E-state index in [2.05, 4.69) is 0 Å². The first-order valence-corrected chi connectivity index (χ1v) is 12.8. The molecule has 7 nitrogen and oxygen atoms in total. The molecule has 2 aromatic carbocycles. The number of ketones is 1. The molecule has 1 spiro atoms. The van der Waals surface area contributed by atoms with Gasteiger partial charge in [0.1, 0.15) is 11.4 Å². The summed E-state index contributed by atoms with van der Waals surface area (Å²) in [5.41, 5.74) is 3.14. The van der Waals surface area contributed by atoms with Gasteiger partial charge in [0.25, 0.3) is 11.8 Å². The predicted octanol–water partition coefficient (Wildman–Crippen LogP) is 4.49. The van der Waals surface area contributed by atoms with Crippen molar-refractivity contribution < 1.29 is 23.9 Å². The molecule has 36 heavy (non-hydrogen) atoms. The molecule has 0 unspecified atom stereocenters. The van der Waals surface area contributed by atoms with Gasteiger partial charge < -0.3 is 9.64 Å². The molecule has 0 aromatic heterocycles. The number of rotatable bonds is 6. The quantitative estimate of drug-likeness (QED) is 0.442. The maximum Gasteiger partial charge on any atom is 0.261 e. The summed E-state index contributed by atoms with van der Waals surface area (Å²) < 4.78 is 6.43. The Bertz CT molecular complexity index is 1210. The Hall–Kier alpha value is -3.48. The van der Waals surface area contributed by atoms with Crippen molar-refractivity contribution in [2.24, 2.45) is 0 Å². The second-order valence-corrected chi connectivity index (χ2v) is 10.3. The largest absolute Gasteiger partial charge is 0.486 e. The average Bonchev–Trinajstić information content (AvgIpc) is 3.10. The molecular formula is C29H32N2O5. The number of amides is 3. The number of unbranched alkanes of at least 4 members (excludes halogenated alkanes) is 2. The maximum atomic E-state index is 12.9. The van der Waals surface area contributed by atoms with Gasteiger partial charge in [-0.15, -0.1) is 0 Å². The Morgan fingerprint density at radius 1 is 0.917 bits per heavy atom. The minimum Gasteiger partial charge on any atom is -0.486 e. The van der Waals surface area contributed by atoms with E-state index < -0.39 is 5.60 Å². The molecular weight excluding hydrogens is 456 g/mol. The summed E-state index contributed by atoms with van der Waals surface area (Å²) >= 11 is 0. The predicted molar refractivity (Wildman–Crippen MR) is 134 cm³/mol. The zero-order chi connectivity index (χ0) is 25.4. The minimum absolute atomic E-state index is 0.111. The van der Waals surface area contributed by atoms with Gasteiger partial charge in [0.05, 0.1) is 23.1 Å². The molecule has 0 N–H and O–H groups in total. The van der Waals surface area contributed by atoms with Crippen molar-refractivity contribution >= 4 is 23.5 Å². The normalized spacial score (nSPS) is 18.3. The number of carbonyl (C=O) groups is 4. The van der Waals surface area contributed by atoms with Crippen LogP contribution in [0.3, 0.4) is 0 Å². The molecule has 3 aliphatic heterocycles. The Morgan fingerprint density at radius 2 is 1.58 bits per heavy atom. The monoisotopic (exact) mass is 488 g/mol. The van der Waals surface area contributed by atoms with Gasteiger partial charge in [-0.2, -0.15) is 0 Å². The summed E-state index contributed by atoms with van der Waals surface area (Å²) in [4.78, 5) is 53.8. The Labute approximate surface area is 211 Å². The molecule has 3 amide bonds. The lowest BCUT2D eigenvalue weighted by Gasteiger charge is -2.44. The third-order valence-electron chi connectivity index (χ3n) is 7.70. The summed E-state index contributed by atoms with van der Waals surface area (Å²) in [5.74, 6) is 0.478. The van der Waals surface area contributed by atoms with E-state index in [0.717, 1.165) is 17.5 Å². The van der Waals surface area contributed by atoms with Crippen molar-refractivity contribution in [1.82, 2.24) is 9.80 Å². The molecule has 1 saturated heterocycles. The van der Waals surface area contributed by atoms with E-state index in [4.69, 9.17) is 4.74 Å². The van der Waals surface area contributed by atoms with Crippen LogP contribution in [0.2, 0.25) is 0 Å². The molecule has 0 bridgehead atoms. The number of hydrogen-bond acceptors (Lipinski definition) is 5. The van der Waals surface area contributed by atoms with Crippen molar-refractivity contribution in [2.45, 2.75) is 64.4 Å². The highest BCUT2D eigenvalue weighted by molar-refractivity contribution is 6.21. The van der Waals surface area contributed by atoms with E-state index in [0.29, 0.717) is 80.6 Å². The van der Waals surface area contributed by atoms with Gasteiger partial charge in [-0.05, 0) is 56.0 Å². The zero-order valence-corrected chi connectivity index (χ0v) is 21.0. The summed E-state index contributed by atoms with van der Waals surface area (Å²) in [6, 6.07) is 10.8. The number of hydrogen-bond donors (Lipinski definition) is 0. The van der Waals surface area contributed by atoms with Gasteiger partial charge in [-0.25, -0.2) is 0 Å². The fourth-order valence-corrected chi connectivity index (χ4v) is 5.70. The van der Waals surface area contributed by atoms with Gasteiger partial charge >= 0.3 is 0 Å². The van der Waals surface area contributed by atoms with Crippen molar-refractivity contribution in [3.8, 4) is 5.75 Å². The van der Waals surface area contributed by atoms with Crippen molar-refractivity contribution in [2.75, 3.05) is 19.6 Å². The number of likely N-dealkylation sites (tertiary alicyclic amines) is 1. The number of piperidine rings is 1. The molecule has 5 rings (SSSR count). The van der Waals surface area contributed by atoms with E-state index in [1.165, 1.54) is 4.90 Å². The number of aryl methyl sites for hydroxylation is 2. The van der Waals surface area contributed by atoms with Crippen LogP contribution in [-0.2, 0) is 4.79 Å². The van der Waals surface area contributed by atoms with E-state index in [1.54, 1.807) is 24.3 Å². The Morgan fingerprint density at radius 3 is 2.25 bits per heavy atom. The first-order chi connectivity index (χ1) is 17.3. The van der Waals surface area contributed by atoms with Crippen LogP contribution < -0.4 is 4.74 Å². The molecule has 1 fully saturated rings. The number of nitrogens with zero attached hydrogens (tertiary/aromatic N) is 2. The van der Waals surface area contributed by atoms with E-state index >= 15 is 0 Å². The van der Waals surface area contributed by atoms with Crippen LogP contribution in [0.5, 0.6) is 5.75 Å². The van der Waals surface area contributed by atoms with Crippen LogP contribution in [0.25, 0.3) is 0 Å². The Balaban J connectivity index is 1.07. The maximum absolute atomic E-state index is 12.9. The lowest BCUT2D eigenvalue weighted by molar-refractivity contribution is -0.134. The second-order valence-electron chi connectivity index (χ2n) is 10.3. The highest BCUT2D eigenvalue weighted by Crippen LogP contribution is 2.41.